The summed E-state index contributed by atoms with van der Waals surface area (Å²) in [4.78, 5) is 25.1. The van der Waals surface area contributed by atoms with Gasteiger partial charge in [0.15, 0.2) is 0 Å². The molecule has 0 spiro atoms. The zero-order valence-electron chi connectivity index (χ0n) is 14.3. The van der Waals surface area contributed by atoms with Gasteiger partial charge in [-0.25, -0.2) is 4.39 Å². The summed E-state index contributed by atoms with van der Waals surface area (Å²) in [5.74, 6) is -0.0104. The normalized spacial score (nSPS) is 11.7. The van der Waals surface area contributed by atoms with Gasteiger partial charge in [0.2, 0.25) is 5.91 Å². The number of amides is 2. The molecule has 1 atom stereocenters. The van der Waals surface area contributed by atoms with E-state index in [0.29, 0.717) is 17.1 Å². The summed E-state index contributed by atoms with van der Waals surface area (Å²) in [6.45, 7) is 2.14. The minimum atomic E-state index is -0.636. The molecule has 0 saturated heterocycles. The predicted octanol–water partition coefficient (Wildman–Crippen LogP) is 3.90. The summed E-state index contributed by atoms with van der Waals surface area (Å²) in [6, 6.07) is 12.1. The molecular formula is C19H20ClFN2O2S. The third-order valence-electron chi connectivity index (χ3n) is 3.55. The topological polar surface area (TPSA) is 58.2 Å². The second-order valence-corrected chi connectivity index (χ2v) is 7.25. The van der Waals surface area contributed by atoms with Crippen LogP contribution in [0.25, 0.3) is 0 Å². The molecule has 2 rings (SSSR count). The van der Waals surface area contributed by atoms with Gasteiger partial charge in [-0.3, -0.25) is 9.59 Å². The van der Waals surface area contributed by atoms with Crippen molar-refractivity contribution in [1.82, 2.24) is 10.6 Å². The quantitative estimate of drug-likeness (QED) is 0.527. The number of halogens is 2. The number of rotatable bonds is 8. The molecule has 1 unspecified atom stereocenters. The summed E-state index contributed by atoms with van der Waals surface area (Å²) in [5.41, 5.74) is 0.449. The minimum absolute atomic E-state index is 0.237. The molecule has 0 aliphatic heterocycles. The summed E-state index contributed by atoms with van der Waals surface area (Å²) in [5, 5.41) is 6.00. The first-order valence-electron chi connectivity index (χ1n) is 8.18. The molecule has 7 heteroatoms. The van der Waals surface area contributed by atoms with Gasteiger partial charge in [0.05, 0.1) is 0 Å². The summed E-state index contributed by atoms with van der Waals surface area (Å²) in [7, 11) is 0. The number of nitrogens with one attached hydrogen (secondary N) is 2. The average Bonchev–Trinajstić information content (AvgIpc) is 2.63. The van der Waals surface area contributed by atoms with E-state index < -0.39 is 6.04 Å². The van der Waals surface area contributed by atoms with Gasteiger partial charge in [-0.15, -0.1) is 11.8 Å². The molecular weight excluding hydrogens is 375 g/mol. The lowest BCUT2D eigenvalue weighted by atomic mass is 10.2. The lowest BCUT2D eigenvalue weighted by Gasteiger charge is -2.14. The van der Waals surface area contributed by atoms with Crippen LogP contribution in [0.2, 0.25) is 5.02 Å². The van der Waals surface area contributed by atoms with E-state index in [1.807, 2.05) is 0 Å². The SMILES string of the molecule is CC(NC(=O)c1ccc(Cl)cc1)C(=O)NCCCSc1ccc(F)cc1. The Morgan fingerprint density at radius 1 is 1.12 bits per heavy atom. The zero-order chi connectivity index (χ0) is 18.9. The maximum Gasteiger partial charge on any atom is 0.251 e. The highest BCUT2D eigenvalue weighted by molar-refractivity contribution is 7.99. The largest absolute Gasteiger partial charge is 0.354 e. The van der Waals surface area contributed by atoms with Crippen molar-refractivity contribution in [2.75, 3.05) is 12.3 Å². The van der Waals surface area contributed by atoms with Crippen molar-refractivity contribution in [3.63, 3.8) is 0 Å². The van der Waals surface area contributed by atoms with Crippen molar-refractivity contribution in [3.05, 3.63) is 64.9 Å². The maximum atomic E-state index is 12.8. The van der Waals surface area contributed by atoms with E-state index >= 15 is 0 Å². The highest BCUT2D eigenvalue weighted by atomic mass is 35.5. The molecule has 2 aromatic carbocycles. The maximum absolute atomic E-state index is 12.8. The minimum Gasteiger partial charge on any atom is -0.354 e. The molecule has 0 heterocycles. The van der Waals surface area contributed by atoms with Gasteiger partial charge in [0, 0.05) is 22.0 Å². The van der Waals surface area contributed by atoms with Crippen LogP contribution < -0.4 is 10.6 Å². The second kappa shape index (κ2) is 10.2. The summed E-state index contributed by atoms with van der Waals surface area (Å²) in [6.07, 6.45) is 0.769. The second-order valence-electron chi connectivity index (χ2n) is 5.65. The Morgan fingerprint density at radius 2 is 1.77 bits per heavy atom. The van der Waals surface area contributed by atoms with Crippen LogP contribution in [0.3, 0.4) is 0 Å². The van der Waals surface area contributed by atoms with Crippen LogP contribution in [0.5, 0.6) is 0 Å². The van der Waals surface area contributed by atoms with E-state index in [-0.39, 0.29) is 17.6 Å². The Kier molecular flexibility index (Phi) is 7.94. The number of benzene rings is 2. The van der Waals surface area contributed by atoms with Gasteiger partial charge in [-0.2, -0.15) is 0 Å². The third-order valence-corrected chi connectivity index (χ3v) is 4.90. The van der Waals surface area contributed by atoms with Gasteiger partial charge in [0.1, 0.15) is 11.9 Å². The summed E-state index contributed by atoms with van der Waals surface area (Å²) >= 11 is 7.39. The lowest BCUT2D eigenvalue weighted by molar-refractivity contribution is -0.122. The van der Waals surface area contributed by atoms with E-state index in [4.69, 9.17) is 11.6 Å². The molecule has 0 fully saturated rings. The van der Waals surface area contributed by atoms with Crippen molar-refractivity contribution in [3.8, 4) is 0 Å². The van der Waals surface area contributed by atoms with Crippen LogP contribution in [0.15, 0.2) is 53.4 Å². The fraction of sp³-hybridized carbons (Fsp3) is 0.263. The number of carbonyl (C=O) groups is 2. The molecule has 26 heavy (non-hydrogen) atoms. The van der Waals surface area contributed by atoms with Crippen molar-refractivity contribution in [2.45, 2.75) is 24.3 Å². The first-order valence-corrected chi connectivity index (χ1v) is 9.54. The first-order chi connectivity index (χ1) is 12.5. The van der Waals surface area contributed by atoms with Crippen LogP contribution in [0, 0.1) is 5.82 Å². The molecule has 0 bridgehead atoms. The smallest absolute Gasteiger partial charge is 0.251 e. The van der Waals surface area contributed by atoms with Crippen LogP contribution in [-0.2, 0) is 4.79 Å². The van der Waals surface area contributed by atoms with E-state index in [9.17, 15) is 14.0 Å². The fourth-order valence-electron chi connectivity index (χ4n) is 2.10. The average molecular weight is 395 g/mol. The zero-order valence-corrected chi connectivity index (χ0v) is 15.9. The highest BCUT2D eigenvalue weighted by Gasteiger charge is 2.16. The Morgan fingerprint density at radius 3 is 2.42 bits per heavy atom. The molecule has 0 aliphatic carbocycles. The van der Waals surface area contributed by atoms with Crippen LogP contribution in [0.4, 0.5) is 4.39 Å². The lowest BCUT2D eigenvalue weighted by Crippen LogP contribution is -2.45. The number of hydrogen-bond donors (Lipinski definition) is 2. The van der Waals surface area contributed by atoms with Crippen LogP contribution in [-0.4, -0.2) is 30.2 Å². The number of hydrogen-bond acceptors (Lipinski definition) is 3. The predicted molar refractivity (Wildman–Crippen MR) is 103 cm³/mol. The van der Waals surface area contributed by atoms with Gasteiger partial charge in [-0.05, 0) is 67.6 Å². The highest BCUT2D eigenvalue weighted by Crippen LogP contribution is 2.18. The van der Waals surface area contributed by atoms with E-state index in [0.717, 1.165) is 17.1 Å². The molecule has 0 radical (unpaired) electrons. The summed E-state index contributed by atoms with van der Waals surface area (Å²) < 4.78 is 12.8. The number of thioether (sulfide) groups is 1. The fourth-order valence-corrected chi connectivity index (χ4v) is 3.08. The van der Waals surface area contributed by atoms with Crippen LogP contribution >= 0.6 is 23.4 Å². The Balaban J connectivity index is 1.66. The molecule has 0 aromatic heterocycles. The molecule has 0 aliphatic rings. The van der Waals surface area contributed by atoms with Gasteiger partial charge in [0.25, 0.3) is 5.91 Å². The van der Waals surface area contributed by atoms with Gasteiger partial charge >= 0.3 is 0 Å². The number of carbonyl (C=O) groups excluding carboxylic acids is 2. The molecule has 0 saturated carbocycles. The van der Waals surface area contributed by atoms with Crippen molar-refractivity contribution >= 4 is 35.2 Å². The van der Waals surface area contributed by atoms with E-state index in [1.54, 1.807) is 55.1 Å². The first kappa shape index (κ1) is 20.3. The van der Waals surface area contributed by atoms with Crippen LogP contribution in [0.1, 0.15) is 23.7 Å². The van der Waals surface area contributed by atoms with Crippen molar-refractivity contribution in [2.24, 2.45) is 0 Å². The molecule has 4 nitrogen and oxygen atoms in total. The van der Waals surface area contributed by atoms with Gasteiger partial charge < -0.3 is 10.6 Å². The van der Waals surface area contributed by atoms with Crippen molar-refractivity contribution < 1.29 is 14.0 Å². The molecule has 138 valence electrons. The standard InChI is InChI=1S/C19H20ClFN2O2S/c1-13(23-19(25)14-3-5-15(20)6-4-14)18(24)22-11-2-12-26-17-9-7-16(21)8-10-17/h3-10,13H,2,11-12H2,1H3,(H,22,24)(H,23,25). The van der Waals surface area contributed by atoms with E-state index in [2.05, 4.69) is 10.6 Å². The molecule has 2 N–H and O–H groups in total. The van der Waals surface area contributed by atoms with Crippen molar-refractivity contribution in [1.29, 1.82) is 0 Å². The third kappa shape index (κ3) is 6.69. The Bertz CT molecular complexity index is 738. The molecule has 2 aromatic rings. The van der Waals surface area contributed by atoms with E-state index in [1.165, 1.54) is 12.1 Å². The monoisotopic (exact) mass is 394 g/mol. The molecule has 2 amide bonds. The van der Waals surface area contributed by atoms with Gasteiger partial charge in [-0.1, -0.05) is 11.6 Å². The Labute approximate surface area is 161 Å². The Hall–Kier alpha value is -2.05.